The van der Waals surface area contributed by atoms with Gasteiger partial charge in [0.15, 0.2) is 0 Å². The number of methoxy groups -OCH3 is 1. The van der Waals surface area contributed by atoms with Crippen LogP contribution < -0.4 is 10.1 Å². The second-order valence-electron chi connectivity index (χ2n) is 5.22. The predicted molar refractivity (Wildman–Crippen MR) is 105 cm³/mol. The fourth-order valence-corrected chi connectivity index (χ4v) is 4.16. The lowest BCUT2D eigenvalue weighted by atomic mass is 10.3. The number of thiazole rings is 1. The Hall–Kier alpha value is -2.00. The summed E-state index contributed by atoms with van der Waals surface area (Å²) in [6.07, 6.45) is 1.55. The van der Waals surface area contributed by atoms with E-state index in [-0.39, 0.29) is 5.91 Å². The highest BCUT2D eigenvalue weighted by Crippen LogP contribution is 2.35. The summed E-state index contributed by atoms with van der Waals surface area (Å²) in [5, 5.41) is 3.61. The van der Waals surface area contributed by atoms with E-state index in [1.807, 2.05) is 19.1 Å². The third kappa shape index (κ3) is 4.59. The smallest absolute Gasteiger partial charge is 0.267 e. The summed E-state index contributed by atoms with van der Waals surface area (Å²) in [4.78, 5) is 22.7. The van der Waals surface area contributed by atoms with E-state index in [4.69, 9.17) is 21.1 Å². The van der Waals surface area contributed by atoms with Gasteiger partial charge in [-0.05, 0) is 25.1 Å². The van der Waals surface area contributed by atoms with E-state index in [1.54, 1.807) is 25.4 Å². The van der Waals surface area contributed by atoms with Crippen LogP contribution in [-0.2, 0) is 4.74 Å². The number of nitrogens with one attached hydrogen (secondary N) is 1. The first-order valence-electron chi connectivity index (χ1n) is 7.69. The Morgan fingerprint density at radius 2 is 2.08 bits per heavy atom. The Bertz CT molecular complexity index is 893. The fraction of sp³-hybridized carbons (Fsp3) is 0.235. The molecule has 0 saturated heterocycles. The van der Waals surface area contributed by atoms with E-state index in [9.17, 15) is 4.79 Å². The summed E-state index contributed by atoms with van der Waals surface area (Å²) in [6, 6.07) is 7.16. The molecule has 0 spiro atoms. The molecule has 3 aromatic rings. The average molecular weight is 410 g/mol. The van der Waals surface area contributed by atoms with Gasteiger partial charge in [0.05, 0.1) is 33.4 Å². The molecule has 0 fully saturated rings. The number of hydrogen-bond acceptors (Lipinski definition) is 7. The number of halogens is 1. The van der Waals surface area contributed by atoms with Crippen molar-refractivity contribution in [2.75, 3.05) is 25.6 Å². The van der Waals surface area contributed by atoms with Crippen LogP contribution in [0.5, 0.6) is 5.88 Å². The van der Waals surface area contributed by atoms with Crippen LogP contribution in [0.3, 0.4) is 0 Å². The number of carbonyl (C=O) groups excluding carboxylic acids is 1. The van der Waals surface area contributed by atoms with Crippen molar-refractivity contribution in [3.8, 4) is 15.8 Å². The van der Waals surface area contributed by atoms with Gasteiger partial charge in [0.2, 0.25) is 5.88 Å². The lowest BCUT2D eigenvalue weighted by Crippen LogP contribution is -2.12. The molecule has 3 heterocycles. The third-order valence-electron chi connectivity index (χ3n) is 3.32. The molecule has 1 N–H and O–H groups in total. The van der Waals surface area contributed by atoms with Gasteiger partial charge in [-0.15, -0.1) is 22.7 Å². The second kappa shape index (κ2) is 8.59. The standard InChI is InChI=1S/C17H16ClN3O3S2/c1-10-15(26-17(20-10)12-4-5-13(18)25-12)16(22)21-11-3-6-14(19-9-11)24-8-7-23-2/h3-6,9H,7-8H2,1-2H3,(H,21,22). The molecule has 0 aliphatic rings. The summed E-state index contributed by atoms with van der Waals surface area (Å²) in [5.74, 6) is 0.259. The molecule has 0 unspecified atom stereocenters. The molecular formula is C17H16ClN3O3S2. The maximum atomic E-state index is 12.5. The number of aryl methyl sites for hydroxylation is 1. The maximum absolute atomic E-state index is 12.5. The van der Waals surface area contributed by atoms with Crippen molar-refractivity contribution in [3.05, 3.63) is 45.4 Å². The first-order chi connectivity index (χ1) is 12.6. The minimum absolute atomic E-state index is 0.219. The van der Waals surface area contributed by atoms with Crippen molar-refractivity contribution in [2.45, 2.75) is 6.92 Å². The molecular weight excluding hydrogens is 394 g/mol. The largest absolute Gasteiger partial charge is 0.475 e. The number of hydrogen-bond donors (Lipinski definition) is 1. The molecule has 3 rings (SSSR count). The molecule has 0 atom stereocenters. The third-order valence-corrected chi connectivity index (χ3v) is 5.87. The molecule has 26 heavy (non-hydrogen) atoms. The van der Waals surface area contributed by atoms with Gasteiger partial charge < -0.3 is 14.8 Å². The number of nitrogens with zero attached hydrogens (tertiary/aromatic N) is 2. The number of amides is 1. The van der Waals surface area contributed by atoms with Gasteiger partial charge in [0.25, 0.3) is 5.91 Å². The fourth-order valence-electron chi connectivity index (χ4n) is 2.10. The van der Waals surface area contributed by atoms with Crippen molar-refractivity contribution in [3.63, 3.8) is 0 Å². The minimum Gasteiger partial charge on any atom is -0.475 e. The van der Waals surface area contributed by atoms with Gasteiger partial charge >= 0.3 is 0 Å². The first-order valence-corrected chi connectivity index (χ1v) is 9.70. The van der Waals surface area contributed by atoms with Crippen LogP contribution >= 0.6 is 34.3 Å². The van der Waals surface area contributed by atoms with Gasteiger partial charge in [0, 0.05) is 13.2 Å². The lowest BCUT2D eigenvalue weighted by molar-refractivity contribution is 0.102. The quantitative estimate of drug-likeness (QED) is 0.581. The number of thiophene rings is 1. The van der Waals surface area contributed by atoms with Crippen molar-refractivity contribution in [1.82, 2.24) is 9.97 Å². The second-order valence-corrected chi connectivity index (χ2v) is 7.93. The molecule has 0 aliphatic carbocycles. The summed E-state index contributed by atoms with van der Waals surface area (Å²) in [7, 11) is 1.61. The van der Waals surface area contributed by atoms with Gasteiger partial charge in [0.1, 0.15) is 16.5 Å². The molecule has 0 bridgehead atoms. The number of ether oxygens (including phenoxy) is 2. The van der Waals surface area contributed by atoms with Crippen molar-refractivity contribution in [2.24, 2.45) is 0 Å². The number of rotatable bonds is 7. The minimum atomic E-state index is -0.219. The van der Waals surface area contributed by atoms with Crippen LogP contribution in [0, 0.1) is 6.92 Å². The van der Waals surface area contributed by atoms with Crippen molar-refractivity contribution < 1.29 is 14.3 Å². The van der Waals surface area contributed by atoms with Gasteiger partial charge in [-0.2, -0.15) is 0 Å². The molecule has 0 aliphatic heterocycles. The Kier molecular flexibility index (Phi) is 6.20. The molecule has 136 valence electrons. The Morgan fingerprint density at radius 1 is 1.23 bits per heavy atom. The molecule has 0 aromatic carbocycles. The van der Waals surface area contributed by atoms with Crippen LogP contribution in [0.25, 0.3) is 9.88 Å². The summed E-state index contributed by atoms with van der Waals surface area (Å²) >= 11 is 8.75. The van der Waals surface area contributed by atoms with Gasteiger partial charge in [-0.3, -0.25) is 4.79 Å². The molecule has 0 saturated carbocycles. The van der Waals surface area contributed by atoms with E-state index in [2.05, 4.69) is 15.3 Å². The average Bonchev–Trinajstić information content (AvgIpc) is 3.22. The zero-order valence-electron chi connectivity index (χ0n) is 14.1. The SMILES string of the molecule is COCCOc1ccc(NC(=O)c2sc(-c3ccc(Cl)s3)nc2C)cn1. The molecule has 6 nitrogen and oxygen atoms in total. The number of anilines is 1. The van der Waals surface area contributed by atoms with Gasteiger partial charge in [-0.1, -0.05) is 11.6 Å². The monoisotopic (exact) mass is 409 g/mol. The van der Waals surface area contributed by atoms with E-state index in [0.29, 0.717) is 39.7 Å². The zero-order valence-corrected chi connectivity index (χ0v) is 16.5. The summed E-state index contributed by atoms with van der Waals surface area (Å²) in [6.45, 7) is 2.72. The van der Waals surface area contributed by atoms with E-state index < -0.39 is 0 Å². The molecule has 9 heteroatoms. The van der Waals surface area contributed by atoms with Crippen LogP contribution in [0.15, 0.2) is 30.5 Å². The van der Waals surface area contributed by atoms with Crippen LogP contribution in [0.4, 0.5) is 5.69 Å². The zero-order chi connectivity index (χ0) is 18.5. The van der Waals surface area contributed by atoms with Crippen molar-refractivity contribution >= 4 is 45.9 Å². The molecule has 1 amide bonds. The van der Waals surface area contributed by atoms with E-state index in [0.717, 1.165) is 9.88 Å². The predicted octanol–water partition coefficient (Wildman–Crippen LogP) is 4.51. The normalized spacial score (nSPS) is 10.7. The highest BCUT2D eigenvalue weighted by molar-refractivity contribution is 7.24. The van der Waals surface area contributed by atoms with Crippen LogP contribution in [0.2, 0.25) is 4.34 Å². The van der Waals surface area contributed by atoms with Crippen molar-refractivity contribution in [1.29, 1.82) is 0 Å². The molecule has 0 radical (unpaired) electrons. The summed E-state index contributed by atoms with van der Waals surface area (Å²) < 4.78 is 11.0. The van der Waals surface area contributed by atoms with Crippen LogP contribution in [-0.4, -0.2) is 36.2 Å². The number of pyridine rings is 1. The Morgan fingerprint density at radius 3 is 2.73 bits per heavy atom. The van der Waals surface area contributed by atoms with E-state index in [1.165, 1.54) is 22.7 Å². The number of carbonyl (C=O) groups is 1. The maximum Gasteiger partial charge on any atom is 0.267 e. The number of aromatic nitrogens is 2. The van der Waals surface area contributed by atoms with Gasteiger partial charge in [-0.25, -0.2) is 9.97 Å². The Labute approximate surface area is 163 Å². The lowest BCUT2D eigenvalue weighted by Gasteiger charge is -2.06. The highest BCUT2D eigenvalue weighted by Gasteiger charge is 2.17. The van der Waals surface area contributed by atoms with Crippen LogP contribution in [0.1, 0.15) is 15.4 Å². The first kappa shape index (κ1) is 18.8. The Balaban J connectivity index is 1.67. The van der Waals surface area contributed by atoms with E-state index >= 15 is 0 Å². The topological polar surface area (TPSA) is 73.3 Å². The molecule has 3 aromatic heterocycles. The highest BCUT2D eigenvalue weighted by atomic mass is 35.5. The summed E-state index contributed by atoms with van der Waals surface area (Å²) in [5.41, 5.74) is 1.27.